The highest BCUT2D eigenvalue weighted by Gasteiger charge is 2.21. The van der Waals surface area contributed by atoms with Gasteiger partial charge in [-0.1, -0.05) is 11.6 Å². The molecule has 1 aromatic carbocycles. The number of fused-ring (bicyclic) bond motifs is 1. The monoisotopic (exact) mass is 327 g/mol. The Hall–Kier alpha value is -1.70. The Bertz CT molecular complexity index is 792. The Morgan fingerprint density at radius 3 is 2.67 bits per heavy atom. The predicted octanol–water partition coefficient (Wildman–Crippen LogP) is 1.30. The standard InChI is InChI=1S/C13H14ClN3O3S/c1-8(13(18)15-2)17-21(19,20)10-4-5-11-9(7-10)3-6-12(14)16-11/h3-8,17H,1-2H3,(H,15,18). The summed E-state index contributed by atoms with van der Waals surface area (Å²) in [6.07, 6.45) is 0. The van der Waals surface area contributed by atoms with Crippen LogP contribution < -0.4 is 10.0 Å². The van der Waals surface area contributed by atoms with Crippen LogP contribution in [0, 0.1) is 0 Å². The third-order valence-electron chi connectivity index (χ3n) is 2.91. The van der Waals surface area contributed by atoms with Crippen LogP contribution in [-0.4, -0.2) is 32.4 Å². The third kappa shape index (κ3) is 3.49. The minimum Gasteiger partial charge on any atom is -0.358 e. The molecule has 2 aromatic rings. The van der Waals surface area contributed by atoms with E-state index in [1.54, 1.807) is 18.2 Å². The molecule has 0 aliphatic heterocycles. The number of halogens is 1. The molecule has 2 N–H and O–H groups in total. The summed E-state index contributed by atoms with van der Waals surface area (Å²) in [6.45, 7) is 1.47. The number of hydrogen-bond donors (Lipinski definition) is 2. The van der Waals surface area contributed by atoms with E-state index < -0.39 is 22.0 Å². The van der Waals surface area contributed by atoms with Crippen LogP contribution in [0.15, 0.2) is 35.2 Å². The van der Waals surface area contributed by atoms with Gasteiger partial charge in [0.25, 0.3) is 0 Å². The van der Waals surface area contributed by atoms with E-state index in [2.05, 4.69) is 15.0 Å². The summed E-state index contributed by atoms with van der Waals surface area (Å²) in [7, 11) is -2.34. The smallest absolute Gasteiger partial charge is 0.241 e. The highest BCUT2D eigenvalue weighted by Crippen LogP contribution is 2.19. The number of amides is 1. The zero-order valence-corrected chi connectivity index (χ0v) is 13.0. The molecule has 1 amide bonds. The van der Waals surface area contributed by atoms with Crippen LogP contribution in [0.5, 0.6) is 0 Å². The highest BCUT2D eigenvalue weighted by atomic mass is 35.5. The fourth-order valence-corrected chi connectivity index (χ4v) is 3.21. The van der Waals surface area contributed by atoms with Gasteiger partial charge in [-0.25, -0.2) is 13.4 Å². The van der Waals surface area contributed by atoms with Crippen molar-refractivity contribution in [1.29, 1.82) is 0 Å². The fraction of sp³-hybridized carbons (Fsp3) is 0.231. The maximum Gasteiger partial charge on any atom is 0.241 e. The third-order valence-corrected chi connectivity index (χ3v) is 4.66. The lowest BCUT2D eigenvalue weighted by atomic mass is 10.2. The van der Waals surface area contributed by atoms with Crippen LogP contribution in [0.3, 0.4) is 0 Å². The summed E-state index contributed by atoms with van der Waals surface area (Å²) in [5.74, 6) is -0.409. The maximum absolute atomic E-state index is 12.2. The van der Waals surface area contributed by atoms with Gasteiger partial charge < -0.3 is 5.32 Å². The van der Waals surface area contributed by atoms with Gasteiger partial charge in [0, 0.05) is 12.4 Å². The first kappa shape index (κ1) is 15.7. The number of hydrogen-bond acceptors (Lipinski definition) is 4. The second-order valence-corrected chi connectivity index (χ2v) is 6.55. The van der Waals surface area contributed by atoms with Gasteiger partial charge in [0.2, 0.25) is 15.9 Å². The summed E-state index contributed by atoms with van der Waals surface area (Å²) in [5, 5.41) is 3.37. The van der Waals surface area contributed by atoms with E-state index in [0.29, 0.717) is 16.1 Å². The number of rotatable bonds is 4. The fourth-order valence-electron chi connectivity index (χ4n) is 1.82. The van der Waals surface area contributed by atoms with Gasteiger partial charge in [0.05, 0.1) is 16.5 Å². The molecule has 0 radical (unpaired) electrons. The lowest BCUT2D eigenvalue weighted by Crippen LogP contribution is -2.43. The number of pyridine rings is 1. The van der Waals surface area contributed by atoms with Crippen LogP contribution in [0.1, 0.15) is 6.92 Å². The molecule has 21 heavy (non-hydrogen) atoms. The summed E-state index contributed by atoms with van der Waals surface area (Å²) >= 11 is 5.78. The van der Waals surface area contributed by atoms with Gasteiger partial charge >= 0.3 is 0 Å². The molecule has 112 valence electrons. The molecule has 0 saturated carbocycles. The van der Waals surface area contributed by atoms with Crippen molar-refractivity contribution < 1.29 is 13.2 Å². The molecule has 0 aliphatic carbocycles. The Kier molecular flexibility index (Phi) is 4.46. The first-order chi connectivity index (χ1) is 9.83. The number of carbonyl (C=O) groups is 1. The number of nitrogens with one attached hydrogen (secondary N) is 2. The van der Waals surface area contributed by atoms with E-state index in [-0.39, 0.29) is 4.90 Å². The topological polar surface area (TPSA) is 88.2 Å². The average molecular weight is 328 g/mol. The second kappa shape index (κ2) is 5.97. The summed E-state index contributed by atoms with van der Waals surface area (Å²) < 4.78 is 26.8. The van der Waals surface area contributed by atoms with E-state index in [4.69, 9.17) is 11.6 Å². The van der Waals surface area contributed by atoms with Crippen molar-refractivity contribution >= 4 is 38.4 Å². The van der Waals surface area contributed by atoms with Crippen LogP contribution >= 0.6 is 11.6 Å². The molecule has 0 saturated heterocycles. The van der Waals surface area contributed by atoms with Crippen LogP contribution in [-0.2, 0) is 14.8 Å². The zero-order chi connectivity index (χ0) is 15.6. The number of carbonyl (C=O) groups excluding carboxylic acids is 1. The van der Waals surface area contributed by atoms with E-state index in [1.165, 1.54) is 26.1 Å². The highest BCUT2D eigenvalue weighted by molar-refractivity contribution is 7.89. The van der Waals surface area contributed by atoms with Crippen LogP contribution in [0.4, 0.5) is 0 Å². The molecule has 1 heterocycles. The molecule has 6 nitrogen and oxygen atoms in total. The van der Waals surface area contributed by atoms with Crippen molar-refractivity contribution in [3.05, 3.63) is 35.5 Å². The van der Waals surface area contributed by atoms with Gasteiger partial charge in [0.1, 0.15) is 5.15 Å². The predicted molar refractivity (Wildman–Crippen MR) is 80.6 cm³/mol. The maximum atomic E-state index is 12.2. The number of sulfonamides is 1. The second-order valence-electron chi connectivity index (χ2n) is 4.45. The normalized spacial score (nSPS) is 13.1. The molecule has 0 aliphatic rings. The Morgan fingerprint density at radius 2 is 2.00 bits per heavy atom. The van der Waals surface area contributed by atoms with Gasteiger partial charge in [-0.05, 0) is 37.3 Å². The number of benzene rings is 1. The first-order valence-corrected chi connectivity index (χ1v) is 8.00. The van der Waals surface area contributed by atoms with Gasteiger partial charge in [-0.2, -0.15) is 4.72 Å². The first-order valence-electron chi connectivity index (χ1n) is 6.14. The largest absolute Gasteiger partial charge is 0.358 e. The van der Waals surface area contributed by atoms with E-state index >= 15 is 0 Å². The van der Waals surface area contributed by atoms with Gasteiger partial charge in [0.15, 0.2) is 0 Å². The van der Waals surface area contributed by atoms with E-state index in [0.717, 1.165) is 0 Å². The Labute approximate surface area is 127 Å². The van der Waals surface area contributed by atoms with Gasteiger partial charge in [-0.3, -0.25) is 4.79 Å². The molecule has 2 rings (SSSR count). The minimum absolute atomic E-state index is 0.0647. The molecule has 0 bridgehead atoms. The zero-order valence-electron chi connectivity index (χ0n) is 11.4. The number of nitrogens with zero attached hydrogens (tertiary/aromatic N) is 1. The van der Waals surface area contributed by atoms with Crippen molar-refractivity contribution in [2.24, 2.45) is 0 Å². The lowest BCUT2D eigenvalue weighted by molar-refractivity contribution is -0.121. The summed E-state index contributed by atoms with van der Waals surface area (Å²) in [6, 6.07) is 6.88. The molecular weight excluding hydrogens is 314 g/mol. The lowest BCUT2D eigenvalue weighted by Gasteiger charge is -2.13. The number of aromatic nitrogens is 1. The van der Waals surface area contributed by atoms with E-state index in [9.17, 15) is 13.2 Å². The Balaban J connectivity index is 2.36. The molecule has 1 aromatic heterocycles. The molecule has 8 heteroatoms. The molecular formula is C13H14ClN3O3S. The summed E-state index contributed by atoms with van der Waals surface area (Å²) in [4.78, 5) is 15.6. The van der Waals surface area contributed by atoms with Crippen LogP contribution in [0.25, 0.3) is 10.9 Å². The van der Waals surface area contributed by atoms with Crippen LogP contribution in [0.2, 0.25) is 5.15 Å². The molecule has 1 unspecified atom stereocenters. The van der Waals surface area contributed by atoms with Crippen molar-refractivity contribution in [3.63, 3.8) is 0 Å². The SMILES string of the molecule is CNC(=O)C(C)NS(=O)(=O)c1ccc2nc(Cl)ccc2c1. The quantitative estimate of drug-likeness (QED) is 0.828. The Morgan fingerprint density at radius 1 is 1.29 bits per heavy atom. The average Bonchev–Trinajstić information content (AvgIpc) is 2.45. The number of likely N-dealkylation sites (N-methyl/N-ethyl adjacent to an activating group) is 1. The summed E-state index contributed by atoms with van der Waals surface area (Å²) in [5.41, 5.74) is 0.598. The minimum atomic E-state index is -3.79. The van der Waals surface area contributed by atoms with Crippen molar-refractivity contribution in [2.75, 3.05) is 7.05 Å². The van der Waals surface area contributed by atoms with Crippen molar-refractivity contribution in [3.8, 4) is 0 Å². The molecule has 1 atom stereocenters. The molecule has 0 fully saturated rings. The van der Waals surface area contributed by atoms with Gasteiger partial charge in [-0.15, -0.1) is 0 Å². The van der Waals surface area contributed by atoms with Crippen molar-refractivity contribution in [1.82, 2.24) is 15.0 Å². The molecule has 0 spiro atoms. The van der Waals surface area contributed by atoms with E-state index in [1.807, 2.05) is 0 Å². The van der Waals surface area contributed by atoms with Crippen molar-refractivity contribution in [2.45, 2.75) is 17.9 Å².